The second kappa shape index (κ2) is 7.01. The summed E-state index contributed by atoms with van der Waals surface area (Å²) in [5, 5.41) is 0. The molecule has 0 radical (unpaired) electrons. The van der Waals surface area contributed by atoms with Crippen molar-refractivity contribution in [1.29, 1.82) is 0 Å². The summed E-state index contributed by atoms with van der Waals surface area (Å²) in [6.45, 7) is 4.07. The average Bonchev–Trinajstić information content (AvgIpc) is 2.74. The number of ketones is 1. The Balaban J connectivity index is 0.00000169. The Hall–Kier alpha value is -1.51. The number of amides is 1. The van der Waals surface area contributed by atoms with Gasteiger partial charge in [0.05, 0.1) is 22.7 Å². The van der Waals surface area contributed by atoms with Crippen molar-refractivity contribution in [3.63, 3.8) is 0 Å². The first-order valence-electron chi connectivity index (χ1n) is 7.23. The fraction of sp³-hybridized carbons (Fsp3) is 0.176. The van der Waals surface area contributed by atoms with Gasteiger partial charge in [-0.25, -0.2) is 0 Å². The van der Waals surface area contributed by atoms with Crippen molar-refractivity contribution in [1.82, 2.24) is 0 Å². The third kappa shape index (κ3) is 3.56. The normalized spacial score (nSPS) is 13.6. The number of anilines is 1. The number of carbonyl (C=O) groups excluding carboxylic acids is 2. The molecule has 0 unspecified atom stereocenters. The van der Waals surface area contributed by atoms with Gasteiger partial charge in [-0.3, -0.25) is 14.1 Å². The van der Waals surface area contributed by atoms with Crippen molar-refractivity contribution in [3.05, 3.63) is 58.7 Å². The Kier molecular flexibility index (Phi) is 5.56. The molecule has 0 fully saturated rings. The van der Waals surface area contributed by atoms with E-state index in [9.17, 15) is 18.0 Å². The van der Waals surface area contributed by atoms with Crippen LogP contribution in [0.1, 0.15) is 28.5 Å². The number of aryl methyl sites for hydroxylation is 2. The van der Waals surface area contributed by atoms with Crippen molar-refractivity contribution in [2.24, 2.45) is 0 Å². The summed E-state index contributed by atoms with van der Waals surface area (Å²) in [5.41, 5.74) is 3.27. The molecule has 0 aromatic heterocycles. The molecule has 1 aliphatic rings. The summed E-state index contributed by atoms with van der Waals surface area (Å²) in [6, 6.07) is 9.35. The van der Waals surface area contributed by atoms with Crippen LogP contribution in [0.3, 0.4) is 0 Å². The minimum absolute atomic E-state index is 0. The molecule has 0 spiro atoms. The van der Waals surface area contributed by atoms with Crippen LogP contribution in [0.15, 0.2) is 41.3 Å². The van der Waals surface area contributed by atoms with Gasteiger partial charge in [0.15, 0.2) is 0 Å². The summed E-state index contributed by atoms with van der Waals surface area (Å²) in [5.74, 6) is -1.48. The van der Waals surface area contributed by atoms with Crippen LogP contribution in [0.25, 0.3) is 0 Å². The Labute approximate surface area is 169 Å². The van der Waals surface area contributed by atoms with Gasteiger partial charge >= 0.3 is 29.6 Å². The topological polar surface area (TPSA) is 91.8 Å². The maximum Gasteiger partial charge on any atom is 1.00 e. The molecule has 126 valence electrons. The number of hydrogen-bond acceptors (Lipinski definition) is 4. The molecule has 2 aromatic carbocycles. The van der Waals surface area contributed by atoms with Crippen LogP contribution >= 0.6 is 0 Å². The first kappa shape index (κ1) is 19.8. The van der Waals surface area contributed by atoms with E-state index in [2.05, 4.69) is 0 Å². The summed E-state index contributed by atoms with van der Waals surface area (Å²) >= 11 is 0. The Bertz CT molecular complexity index is 970. The second-order valence-electron chi connectivity index (χ2n) is 5.74. The number of benzene rings is 2. The molecule has 0 aliphatic carbocycles. The van der Waals surface area contributed by atoms with E-state index in [4.69, 9.17) is 4.55 Å². The van der Waals surface area contributed by atoms with E-state index in [1.54, 1.807) is 0 Å². The largest absolute Gasteiger partial charge is 1.00 e. The average molecular weight is 369 g/mol. The molecule has 1 N–H and O–H groups in total. The van der Waals surface area contributed by atoms with Crippen LogP contribution in [0.4, 0.5) is 5.69 Å². The summed E-state index contributed by atoms with van der Waals surface area (Å²) in [6.07, 6.45) is 0. The van der Waals surface area contributed by atoms with Gasteiger partial charge in [0, 0.05) is 0 Å². The molecule has 3 rings (SSSR count). The monoisotopic (exact) mass is 369 g/mol. The van der Waals surface area contributed by atoms with E-state index >= 15 is 0 Å². The first-order chi connectivity index (χ1) is 11.2. The standard InChI is InChI=1S/C17H15NO5S.Na.H/c1-10-4-3-5-11(2)14(10)9-18-15-7-6-12(24(21,22)23)8-13(15)16(19)17(18)20;;/h3-8H,9H2,1-2H3,(H,21,22,23);;/q;+1;-1. The van der Waals surface area contributed by atoms with Crippen LogP contribution in [0.2, 0.25) is 0 Å². The predicted molar refractivity (Wildman–Crippen MR) is 88.8 cm³/mol. The summed E-state index contributed by atoms with van der Waals surface area (Å²) in [4.78, 5) is 25.4. The van der Waals surface area contributed by atoms with Crippen molar-refractivity contribution < 1.29 is 53.5 Å². The molecule has 0 saturated carbocycles. The molecule has 8 heteroatoms. The van der Waals surface area contributed by atoms with Crippen molar-refractivity contribution in [3.8, 4) is 0 Å². The summed E-state index contributed by atoms with van der Waals surface area (Å²) in [7, 11) is -4.44. The second-order valence-corrected chi connectivity index (χ2v) is 7.17. The number of rotatable bonds is 3. The quantitative estimate of drug-likeness (QED) is 0.443. The van der Waals surface area contributed by atoms with Crippen molar-refractivity contribution >= 4 is 27.5 Å². The molecule has 1 amide bonds. The first-order valence-corrected chi connectivity index (χ1v) is 8.67. The molecule has 1 heterocycles. The van der Waals surface area contributed by atoms with Gasteiger partial charge in [0.25, 0.3) is 21.8 Å². The van der Waals surface area contributed by atoms with E-state index in [1.165, 1.54) is 17.0 Å². The molecule has 2 aromatic rings. The zero-order valence-electron chi connectivity index (χ0n) is 15.1. The third-order valence-corrected chi connectivity index (χ3v) is 5.05. The fourth-order valence-electron chi connectivity index (χ4n) is 2.85. The maximum absolute atomic E-state index is 12.3. The van der Waals surface area contributed by atoms with E-state index in [0.29, 0.717) is 5.69 Å². The molecule has 0 bridgehead atoms. The minimum atomic E-state index is -4.44. The third-order valence-electron chi connectivity index (χ3n) is 4.20. The van der Waals surface area contributed by atoms with Crippen LogP contribution in [-0.2, 0) is 21.5 Å². The van der Waals surface area contributed by atoms with Gasteiger partial charge in [0.1, 0.15) is 0 Å². The molecular weight excluding hydrogens is 353 g/mol. The molecule has 0 saturated heterocycles. The van der Waals surface area contributed by atoms with Gasteiger partial charge in [-0.2, -0.15) is 8.42 Å². The van der Waals surface area contributed by atoms with E-state index < -0.39 is 26.7 Å². The number of Topliss-reactive ketones (excluding diaryl/α,β-unsaturated/α-hetero) is 1. The minimum Gasteiger partial charge on any atom is -1.00 e. The maximum atomic E-state index is 12.3. The SMILES string of the molecule is Cc1cccc(C)c1CN1C(=O)C(=O)c2cc(S(=O)(=O)O)ccc21.[H-].[Na+]. The van der Waals surface area contributed by atoms with Crippen molar-refractivity contribution in [2.75, 3.05) is 4.90 Å². The Morgan fingerprint density at radius 2 is 1.68 bits per heavy atom. The number of nitrogens with zero attached hydrogens (tertiary/aromatic N) is 1. The Morgan fingerprint density at radius 1 is 1.08 bits per heavy atom. The summed E-state index contributed by atoms with van der Waals surface area (Å²) < 4.78 is 31.6. The van der Waals surface area contributed by atoms with Gasteiger partial charge in [-0.15, -0.1) is 0 Å². The van der Waals surface area contributed by atoms with Crippen LogP contribution in [0, 0.1) is 13.8 Å². The van der Waals surface area contributed by atoms with E-state index in [-0.39, 0.29) is 43.1 Å². The van der Waals surface area contributed by atoms with Crippen LogP contribution in [0.5, 0.6) is 0 Å². The predicted octanol–water partition coefficient (Wildman–Crippen LogP) is -0.604. The van der Waals surface area contributed by atoms with Crippen LogP contribution < -0.4 is 34.5 Å². The van der Waals surface area contributed by atoms with Gasteiger partial charge in [-0.05, 0) is 48.7 Å². The fourth-order valence-corrected chi connectivity index (χ4v) is 3.36. The zero-order valence-corrected chi connectivity index (χ0v) is 16.9. The smallest absolute Gasteiger partial charge is 1.00 e. The molecular formula is C17H16NNaO5S. The van der Waals surface area contributed by atoms with Gasteiger partial charge in [-0.1, -0.05) is 18.2 Å². The molecule has 1 aliphatic heterocycles. The number of hydrogen-bond donors (Lipinski definition) is 1. The number of carbonyl (C=O) groups is 2. The number of fused-ring (bicyclic) bond motifs is 1. The molecule has 25 heavy (non-hydrogen) atoms. The Morgan fingerprint density at radius 3 is 2.24 bits per heavy atom. The molecule has 6 nitrogen and oxygen atoms in total. The van der Waals surface area contributed by atoms with Crippen LogP contribution in [-0.4, -0.2) is 24.7 Å². The van der Waals surface area contributed by atoms with E-state index in [1.807, 2.05) is 32.0 Å². The van der Waals surface area contributed by atoms with Gasteiger partial charge in [0.2, 0.25) is 0 Å². The van der Waals surface area contributed by atoms with Gasteiger partial charge < -0.3 is 6.33 Å². The van der Waals surface area contributed by atoms with E-state index in [0.717, 1.165) is 22.8 Å². The zero-order chi connectivity index (χ0) is 17.6. The van der Waals surface area contributed by atoms with Crippen molar-refractivity contribution in [2.45, 2.75) is 25.3 Å². The molecule has 0 atom stereocenters.